The van der Waals surface area contributed by atoms with Crippen molar-refractivity contribution in [1.82, 2.24) is 4.31 Å². The molecule has 1 N–H and O–H groups in total. The van der Waals surface area contributed by atoms with E-state index >= 15 is 0 Å². The molecule has 2 saturated carbocycles. The number of ketones is 1. The summed E-state index contributed by atoms with van der Waals surface area (Å²) in [6.45, 7) is 4.43. The molecule has 1 amide bonds. The van der Waals surface area contributed by atoms with Gasteiger partial charge in [-0.05, 0) is 57.2 Å². The van der Waals surface area contributed by atoms with E-state index in [4.69, 9.17) is 9.47 Å². The number of nitrogens with zero attached hydrogens (tertiary/aromatic N) is 1. The van der Waals surface area contributed by atoms with Crippen molar-refractivity contribution in [2.45, 2.75) is 57.0 Å². The van der Waals surface area contributed by atoms with Crippen LogP contribution in [0.5, 0.6) is 0 Å². The molecule has 9 nitrogen and oxygen atoms in total. The third-order valence-corrected chi connectivity index (χ3v) is 9.13. The molecular weight excluding hydrogens is 460 g/mol. The number of morpholine rings is 1. The van der Waals surface area contributed by atoms with Gasteiger partial charge < -0.3 is 14.8 Å². The standard InChI is InChI=1S/C24H32N2O7S/c1-15-6-7-20(14-21(15)34(30,31)26-8-10-32-11-9-26)25-23(28)16(2)33-24(29)19-12-17-4-3-5-18(13-19)22(17)27/h6-7,14,16-19H,3-5,8-13H2,1-2H3,(H,25,28)/t16-,17-,18+,19?/m1/s1. The lowest BCUT2D eigenvalue weighted by molar-refractivity contribution is -0.161. The van der Waals surface area contributed by atoms with Gasteiger partial charge in [0, 0.05) is 30.6 Å². The molecule has 2 bridgehead atoms. The van der Waals surface area contributed by atoms with Crippen LogP contribution in [0.15, 0.2) is 23.1 Å². The van der Waals surface area contributed by atoms with E-state index in [1.165, 1.54) is 17.3 Å². The van der Waals surface area contributed by atoms with Gasteiger partial charge in [-0.15, -0.1) is 0 Å². The van der Waals surface area contributed by atoms with Crippen LogP contribution in [0.1, 0.15) is 44.6 Å². The number of carbonyl (C=O) groups excluding carboxylic acids is 3. The average molecular weight is 493 g/mol. The quantitative estimate of drug-likeness (QED) is 0.605. The van der Waals surface area contributed by atoms with Crippen LogP contribution in [0, 0.1) is 24.7 Å². The number of rotatable bonds is 6. The van der Waals surface area contributed by atoms with Crippen LogP contribution in [0.4, 0.5) is 5.69 Å². The van der Waals surface area contributed by atoms with Crippen LogP contribution < -0.4 is 5.32 Å². The number of amides is 1. The Morgan fingerprint density at radius 3 is 2.44 bits per heavy atom. The second kappa shape index (κ2) is 10.1. The first kappa shape index (κ1) is 24.8. The molecule has 1 aromatic rings. The van der Waals surface area contributed by atoms with E-state index in [0.717, 1.165) is 19.3 Å². The number of fused-ring (bicyclic) bond motifs is 2. The largest absolute Gasteiger partial charge is 0.452 e. The Labute approximate surface area is 200 Å². The average Bonchev–Trinajstić information content (AvgIpc) is 2.80. The van der Waals surface area contributed by atoms with Crippen LogP contribution >= 0.6 is 0 Å². The first-order chi connectivity index (χ1) is 16.2. The monoisotopic (exact) mass is 492 g/mol. The minimum Gasteiger partial charge on any atom is -0.452 e. The summed E-state index contributed by atoms with van der Waals surface area (Å²) >= 11 is 0. The van der Waals surface area contributed by atoms with E-state index in [1.54, 1.807) is 19.1 Å². The molecule has 3 aliphatic rings. The molecule has 1 unspecified atom stereocenters. The highest BCUT2D eigenvalue weighted by atomic mass is 32.2. The molecule has 4 atom stereocenters. The lowest BCUT2D eigenvalue weighted by Crippen LogP contribution is -2.41. The van der Waals surface area contributed by atoms with Gasteiger partial charge in [-0.2, -0.15) is 4.31 Å². The number of esters is 1. The van der Waals surface area contributed by atoms with Crippen LogP contribution in [0.2, 0.25) is 0 Å². The van der Waals surface area contributed by atoms with E-state index in [1.807, 2.05) is 0 Å². The number of carbonyl (C=O) groups is 3. The smallest absolute Gasteiger partial charge is 0.309 e. The van der Waals surface area contributed by atoms with E-state index < -0.39 is 28.0 Å². The normalized spacial score (nSPS) is 26.5. The highest BCUT2D eigenvalue weighted by Crippen LogP contribution is 2.40. The fourth-order valence-corrected chi connectivity index (χ4v) is 6.78. The van der Waals surface area contributed by atoms with Gasteiger partial charge in [0.25, 0.3) is 5.91 Å². The molecular formula is C24H32N2O7S. The van der Waals surface area contributed by atoms with Gasteiger partial charge in [0.1, 0.15) is 5.78 Å². The second-order valence-corrected chi connectivity index (χ2v) is 11.4. The maximum atomic E-state index is 13.1. The number of sulfonamides is 1. The van der Waals surface area contributed by atoms with Crippen LogP contribution in [-0.4, -0.2) is 62.8 Å². The number of ether oxygens (including phenoxy) is 2. The van der Waals surface area contributed by atoms with Gasteiger partial charge in [-0.25, -0.2) is 8.42 Å². The fourth-order valence-electron chi connectivity index (χ4n) is 5.12. The summed E-state index contributed by atoms with van der Waals surface area (Å²) in [5, 5.41) is 2.66. The van der Waals surface area contributed by atoms with Gasteiger partial charge in [0.15, 0.2) is 6.10 Å². The number of hydrogen-bond acceptors (Lipinski definition) is 7. The first-order valence-electron chi connectivity index (χ1n) is 11.9. The maximum absolute atomic E-state index is 13.1. The number of nitrogens with one attached hydrogen (secondary N) is 1. The third kappa shape index (κ3) is 5.18. The van der Waals surface area contributed by atoms with E-state index in [2.05, 4.69) is 5.32 Å². The number of anilines is 1. The highest BCUT2D eigenvalue weighted by Gasteiger charge is 2.42. The summed E-state index contributed by atoms with van der Waals surface area (Å²) in [5.41, 5.74) is 0.879. The number of hydrogen-bond donors (Lipinski definition) is 1. The molecule has 0 radical (unpaired) electrons. The van der Waals surface area contributed by atoms with Crippen molar-refractivity contribution in [3.05, 3.63) is 23.8 Å². The molecule has 1 heterocycles. The Morgan fingerprint density at radius 1 is 1.15 bits per heavy atom. The molecule has 1 saturated heterocycles. The van der Waals surface area contributed by atoms with E-state index in [-0.39, 0.29) is 41.5 Å². The zero-order valence-electron chi connectivity index (χ0n) is 19.6. The number of aryl methyl sites for hydroxylation is 1. The molecule has 3 fully saturated rings. The molecule has 1 aromatic carbocycles. The molecule has 34 heavy (non-hydrogen) atoms. The Morgan fingerprint density at radius 2 is 1.79 bits per heavy atom. The summed E-state index contributed by atoms with van der Waals surface area (Å²) < 4.78 is 38.2. The molecule has 2 aliphatic carbocycles. The molecule has 0 aromatic heterocycles. The van der Waals surface area contributed by atoms with Crippen molar-refractivity contribution in [2.24, 2.45) is 17.8 Å². The Hall–Kier alpha value is -2.30. The van der Waals surface area contributed by atoms with Gasteiger partial charge in [-0.1, -0.05) is 12.5 Å². The lowest BCUT2D eigenvalue weighted by Gasteiger charge is -2.36. The van der Waals surface area contributed by atoms with Crippen molar-refractivity contribution < 1.29 is 32.3 Å². The Bertz CT molecular complexity index is 1050. The summed E-state index contributed by atoms with van der Waals surface area (Å²) in [5.74, 6) is -1.25. The first-order valence-corrected chi connectivity index (χ1v) is 13.3. The predicted molar refractivity (Wildman–Crippen MR) is 124 cm³/mol. The van der Waals surface area contributed by atoms with Crippen molar-refractivity contribution in [1.29, 1.82) is 0 Å². The van der Waals surface area contributed by atoms with Crippen molar-refractivity contribution >= 4 is 33.4 Å². The Kier molecular flexibility index (Phi) is 7.39. The maximum Gasteiger partial charge on any atom is 0.309 e. The van der Waals surface area contributed by atoms with Gasteiger partial charge in [0.05, 0.1) is 24.0 Å². The molecule has 0 spiro atoms. The zero-order chi connectivity index (χ0) is 24.5. The number of benzene rings is 1. The van der Waals surface area contributed by atoms with E-state index in [0.29, 0.717) is 37.3 Å². The molecule has 4 rings (SSSR count). The second-order valence-electron chi connectivity index (χ2n) is 9.46. The summed E-state index contributed by atoms with van der Waals surface area (Å²) in [7, 11) is -3.73. The van der Waals surface area contributed by atoms with Crippen molar-refractivity contribution in [2.75, 3.05) is 31.6 Å². The van der Waals surface area contributed by atoms with Crippen LogP contribution in [0.3, 0.4) is 0 Å². The van der Waals surface area contributed by atoms with Crippen molar-refractivity contribution in [3.8, 4) is 0 Å². The summed E-state index contributed by atoms with van der Waals surface area (Å²) in [6.07, 6.45) is 2.58. The van der Waals surface area contributed by atoms with Crippen LogP contribution in [0.25, 0.3) is 0 Å². The minimum atomic E-state index is -3.73. The fraction of sp³-hybridized carbons (Fsp3) is 0.625. The molecule has 1 aliphatic heterocycles. The van der Waals surface area contributed by atoms with Gasteiger partial charge in [0.2, 0.25) is 10.0 Å². The Balaban J connectivity index is 1.39. The predicted octanol–water partition coefficient (Wildman–Crippen LogP) is 2.28. The minimum absolute atomic E-state index is 0.0754. The van der Waals surface area contributed by atoms with E-state index in [9.17, 15) is 22.8 Å². The highest BCUT2D eigenvalue weighted by molar-refractivity contribution is 7.89. The third-order valence-electron chi connectivity index (χ3n) is 7.09. The zero-order valence-corrected chi connectivity index (χ0v) is 20.4. The van der Waals surface area contributed by atoms with Crippen molar-refractivity contribution in [3.63, 3.8) is 0 Å². The summed E-state index contributed by atoms with van der Waals surface area (Å²) in [4.78, 5) is 37.8. The lowest BCUT2D eigenvalue weighted by atomic mass is 9.67. The van der Waals surface area contributed by atoms with Gasteiger partial charge >= 0.3 is 5.97 Å². The molecule has 186 valence electrons. The molecule has 10 heteroatoms. The summed E-state index contributed by atoms with van der Waals surface area (Å²) in [6, 6.07) is 4.69. The SMILES string of the molecule is Cc1ccc(NC(=O)[C@@H](C)OC(=O)C2C[C@H]3CCC[C@@H](C2)C3=O)cc1S(=O)(=O)N1CCOCC1. The van der Waals surface area contributed by atoms with Crippen LogP contribution in [-0.2, 0) is 33.9 Å². The topological polar surface area (TPSA) is 119 Å². The number of Topliss-reactive ketones (excluding diaryl/α,β-unsaturated/α-hetero) is 1. The van der Waals surface area contributed by atoms with Gasteiger partial charge in [-0.3, -0.25) is 14.4 Å².